The number of benzene rings is 1. The molecule has 1 fully saturated rings. The zero-order valence-corrected chi connectivity index (χ0v) is 12.3. The minimum atomic E-state index is -0.307. The van der Waals surface area contributed by atoms with E-state index < -0.39 is 0 Å². The minimum Gasteiger partial charge on any atom is -0.393 e. The molecule has 1 aromatic heterocycles. The van der Waals surface area contributed by atoms with E-state index in [9.17, 15) is 9.90 Å². The molecule has 1 amide bonds. The second kappa shape index (κ2) is 6.00. The van der Waals surface area contributed by atoms with Gasteiger partial charge in [0.1, 0.15) is 5.69 Å². The summed E-state index contributed by atoms with van der Waals surface area (Å²) >= 11 is 6.20. The van der Waals surface area contributed by atoms with Crippen LogP contribution in [-0.2, 0) is 0 Å². The van der Waals surface area contributed by atoms with Crippen molar-refractivity contribution in [1.82, 2.24) is 10.3 Å². The SMILES string of the molecule is O=C(NCC1CCCC1O)c1cc(Cl)c2ccccc2n1. The normalized spacial score (nSPS) is 21.6. The Morgan fingerprint density at radius 2 is 2.19 bits per heavy atom. The van der Waals surface area contributed by atoms with Crippen LogP contribution in [0.25, 0.3) is 10.9 Å². The third kappa shape index (κ3) is 3.01. The van der Waals surface area contributed by atoms with Crippen LogP contribution < -0.4 is 5.32 Å². The van der Waals surface area contributed by atoms with E-state index in [4.69, 9.17) is 11.6 Å². The zero-order chi connectivity index (χ0) is 14.8. The first-order chi connectivity index (χ1) is 10.1. The van der Waals surface area contributed by atoms with Crippen molar-refractivity contribution < 1.29 is 9.90 Å². The van der Waals surface area contributed by atoms with Crippen LogP contribution in [0.1, 0.15) is 29.8 Å². The Bertz CT molecular complexity index is 674. The summed E-state index contributed by atoms with van der Waals surface area (Å²) in [5.74, 6) is -0.105. The lowest BCUT2D eigenvalue weighted by Gasteiger charge is -2.15. The van der Waals surface area contributed by atoms with Gasteiger partial charge in [-0.2, -0.15) is 0 Å². The number of amides is 1. The van der Waals surface area contributed by atoms with E-state index >= 15 is 0 Å². The van der Waals surface area contributed by atoms with Gasteiger partial charge in [-0.1, -0.05) is 36.2 Å². The molecule has 110 valence electrons. The first-order valence-electron chi connectivity index (χ1n) is 7.16. The van der Waals surface area contributed by atoms with Crippen LogP contribution in [-0.4, -0.2) is 28.6 Å². The molecule has 0 saturated heterocycles. The average molecular weight is 305 g/mol. The maximum Gasteiger partial charge on any atom is 0.269 e. The summed E-state index contributed by atoms with van der Waals surface area (Å²) in [5, 5.41) is 14.0. The molecular formula is C16H17ClN2O2. The van der Waals surface area contributed by atoms with Gasteiger partial charge in [0.15, 0.2) is 0 Å². The van der Waals surface area contributed by atoms with E-state index in [-0.39, 0.29) is 17.9 Å². The first-order valence-corrected chi connectivity index (χ1v) is 7.54. The predicted octanol–water partition coefficient (Wildman–Crippen LogP) is 2.78. The number of aliphatic hydroxyl groups excluding tert-OH is 1. The van der Waals surface area contributed by atoms with E-state index in [0.717, 1.165) is 24.6 Å². The summed E-state index contributed by atoms with van der Waals surface area (Å²) in [5.41, 5.74) is 1.02. The molecule has 0 aliphatic heterocycles. The molecule has 1 aromatic carbocycles. The van der Waals surface area contributed by atoms with Gasteiger partial charge in [0, 0.05) is 17.8 Å². The molecule has 0 spiro atoms. The number of carbonyl (C=O) groups is 1. The van der Waals surface area contributed by atoms with Crippen molar-refractivity contribution >= 4 is 28.4 Å². The fraction of sp³-hybridized carbons (Fsp3) is 0.375. The number of nitrogens with one attached hydrogen (secondary N) is 1. The van der Waals surface area contributed by atoms with Gasteiger partial charge in [-0.3, -0.25) is 4.79 Å². The Kier molecular flexibility index (Phi) is 4.08. The highest BCUT2D eigenvalue weighted by Gasteiger charge is 2.25. The number of nitrogens with zero attached hydrogens (tertiary/aromatic N) is 1. The number of hydrogen-bond acceptors (Lipinski definition) is 3. The molecule has 1 aliphatic carbocycles. The topological polar surface area (TPSA) is 62.2 Å². The summed E-state index contributed by atoms with van der Waals surface area (Å²) in [7, 11) is 0. The molecule has 0 radical (unpaired) electrons. The Balaban J connectivity index is 1.75. The number of pyridine rings is 1. The largest absolute Gasteiger partial charge is 0.393 e. The maximum absolute atomic E-state index is 12.2. The predicted molar refractivity (Wildman–Crippen MR) is 82.4 cm³/mol. The highest BCUT2D eigenvalue weighted by Crippen LogP contribution is 2.25. The fourth-order valence-electron chi connectivity index (χ4n) is 2.82. The van der Waals surface area contributed by atoms with Crippen LogP contribution in [0.4, 0.5) is 0 Å². The lowest BCUT2D eigenvalue weighted by Crippen LogP contribution is -2.32. The molecule has 1 saturated carbocycles. The van der Waals surface area contributed by atoms with Gasteiger partial charge in [0.2, 0.25) is 0 Å². The fourth-order valence-corrected chi connectivity index (χ4v) is 3.08. The quantitative estimate of drug-likeness (QED) is 0.916. The molecular weight excluding hydrogens is 288 g/mol. The van der Waals surface area contributed by atoms with Crippen molar-refractivity contribution in [2.75, 3.05) is 6.54 Å². The van der Waals surface area contributed by atoms with Gasteiger partial charge in [0.05, 0.1) is 16.6 Å². The first kappa shape index (κ1) is 14.3. The van der Waals surface area contributed by atoms with E-state index in [2.05, 4.69) is 10.3 Å². The lowest BCUT2D eigenvalue weighted by atomic mass is 10.1. The van der Waals surface area contributed by atoms with Crippen LogP contribution in [0.5, 0.6) is 0 Å². The molecule has 2 atom stereocenters. The van der Waals surface area contributed by atoms with Crippen LogP contribution >= 0.6 is 11.6 Å². The number of para-hydroxylation sites is 1. The Labute approximate surface area is 128 Å². The molecule has 1 aliphatic rings. The van der Waals surface area contributed by atoms with Crippen molar-refractivity contribution in [3.05, 3.63) is 41.0 Å². The Morgan fingerprint density at radius 3 is 2.95 bits per heavy atom. The molecule has 2 aromatic rings. The van der Waals surface area contributed by atoms with Crippen molar-refractivity contribution in [1.29, 1.82) is 0 Å². The summed E-state index contributed by atoms with van der Waals surface area (Å²) in [6.07, 6.45) is 2.48. The van der Waals surface area contributed by atoms with Crippen LogP contribution in [0, 0.1) is 5.92 Å². The number of aliphatic hydroxyl groups is 1. The smallest absolute Gasteiger partial charge is 0.269 e. The second-order valence-electron chi connectivity index (χ2n) is 5.47. The van der Waals surface area contributed by atoms with Crippen LogP contribution in [0.2, 0.25) is 5.02 Å². The van der Waals surface area contributed by atoms with Crippen molar-refractivity contribution in [2.45, 2.75) is 25.4 Å². The van der Waals surface area contributed by atoms with E-state index in [1.807, 2.05) is 24.3 Å². The number of fused-ring (bicyclic) bond motifs is 1. The highest BCUT2D eigenvalue weighted by atomic mass is 35.5. The lowest BCUT2D eigenvalue weighted by molar-refractivity contribution is 0.0912. The molecule has 21 heavy (non-hydrogen) atoms. The van der Waals surface area contributed by atoms with Gasteiger partial charge in [-0.15, -0.1) is 0 Å². The van der Waals surface area contributed by atoms with Crippen LogP contribution in [0.3, 0.4) is 0 Å². The minimum absolute atomic E-state index is 0.143. The average Bonchev–Trinajstić information content (AvgIpc) is 2.90. The third-order valence-electron chi connectivity index (χ3n) is 4.04. The van der Waals surface area contributed by atoms with Crippen molar-refractivity contribution in [3.63, 3.8) is 0 Å². The number of hydrogen-bond donors (Lipinski definition) is 2. The van der Waals surface area contributed by atoms with E-state index in [0.29, 0.717) is 22.8 Å². The van der Waals surface area contributed by atoms with Crippen molar-refractivity contribution in [3.8, 4) is 0 Å². The maximum atomic E-state index is 12.2. The molecule has 1 heterocycles. The zero-order valence-electron chi connectivity index (χ0n) is 11.6. The molecule has 2 N–H and O–H groups in total. The summed E-state index contributed by atoms with van der Waals surface area (Å²) < 4.78 is 0. The standard InChI is InChI=1S/C16H17ClN2O2/c17-12-8-14(19-13-6-2-1-5-11(12)13)16(21)18-9-10-4-3-7-15(10)20/h1-2,5-6,8,10,15,20H,3-4,7,9H2,(H,18,21). The summed E-state index contributed by atoms with van der Waals surface area (Å²) in [6.45, 7) is 0.478. The van der Waals surface area contributed by atoms with Gasteiger partial charge >= 0.3 is 0 Å². The molecule has 0 bridgehead atoms. The number of carbonyl (C=O) groups excluding carboxylic acids is 1. The highest BCUT2D eigenvalue weighted by molar-refractivity contribution is 6.35. The third-order valence-corrected chi connectivity index (χ3v) is 4.35. The van der Waals surface area contributed by atoms with Gasteiger partial charge in [-0.05, 0) is 25.0 Å². The second-order valence-corrected chi connectivity index (χ2v) is 5.88. The summed E-state index contributed by atoms with van der Waals surface area (Å²) in [6, 6.07) is 9.05. The number of aromatic nitrogens is 1. The molecule has 2 unspecified atom stereocenters. The Morgan fingerprint density at radius 1 is 1.38 bits per heavy atom. The summed E-state index contributed by atoms with van der Waals surface area (Å²) in [4.78, 5) is 16.5. The number of halogens is 1. The van der Waals surface area contributed by atoms with Crippen molar-refractivity contribution in [2.24, 2.45) is 5.92 Å². The monoisotopic (exact) mass is 304 g/mol. The Hall–Kier alpha value is -1.65. The van der Waals surface area contributed by atoms with Crippen LogP contribution in [0.15, 0.2) is 30.3 Å². The van der Waals surface area contributed by atoms with E-state index in [1.54, 1.807) is 6.07 Å². The van der Waals surface area contributed by atoms with Gasteiger partial charge in [0.25, 0.3) is 5.91 Å². The van der Waals surface area contributed by atoms with E-state index in [1.165, 1.54) is 0 Å². The van der Waals surface area contributed by atoms with Gasteiger partial charge in [-0.25, -0.2) is 4.98 Å². The molecule has 4 nitrogen and oxygen atoms in total. The van der Waals surface area contributed by atoms with Gasteiger partial charge < -0.3 is 10.4 Å². The number of rotatable bonds is 3. The molecule has 5 heteroatoms. The molecule has 3 rings (SSSR count).